The van der Waals surface area contributed by atoms with Gasteiger partial charge >= 0.3 is 0 Å². The molecule has 0 unspecified atom stereocenters. The van der Waals surface area contributed by atoms with Gasteiger partial charge in [-0.1, -0.05) is 32.9 Å². The van der Waals surface area contributed by atoms with E-state index in [1.54, 1.807) is 0 Å². The molecule has 1 rings (SSSR count). The molecule has 0 saturated carbocycles. The number of hydrogen-bond donors (Lipinski definition) is 1. The van der Waals surface area contributed by atoms with Crippen molar-refractivity contribution in [2.24, 2.45) is 0 Å². The molecule has 1 aliphatic carbocycles. The Morgan fingerprint density at radius 3 is 2.20 bits per heavy atom. The first kappa shape index (κ1) is 12.9. The molecular formula is C12H24O2Si. The molecule has 0 aromatic heterocycles. The van der Waals surface area contributed by atoms with Crippen LogP contribution in [0.2, 0.25) is 18.1 Å². The molecule has 15 heavy (non-hydrogen) atoms. The second-order valence-electron chi connectivity index (χ2n) is 5.95. The van der Waals surface area contributed by atoms with Crippen molar-refractivity contribution in [3.63, 3.8) is 0 Å². The molecule has 0 radical (unpaired) electrons. The summed E-state index contributed by atoms with van der Waals surface area (Å²) in [7, 11) is -1.65. The average molecular weight is 228 g/mol. The fourth-order valence-corrected chi connectivity index (χ4v) is 2.74. The third-order valence-corrected chi connectivity index (χ3v) is 8.05. The van der Waals surface area contributed by atoms with Gasteiger partial charge in [-0.3, -0.25) is 0 Å². The number of hydrogen-bond acceptors (Lipinski definition) is 2. The van der Waals surface area contributed by atoms with Gasteiger partial charge in [-0.15, -0.1) is 0 Å². The summed E-state index contributed by atoms with van der Waals surface area (Å²) in [6.45, 7) is 11.3. The molecule has 0 aromatic carbocycles. The lowest BCUT2D eigenvalue weighted by molar-refractivity contribution is 0.149. The monoisotopic (exact) mass is 228 g/mol. The van der Waals surface area contributed by atoms with Gasteiger partial charge < -0.3 is 9.53 Å². The van der Waals surface area contributed by atoms with Gasteiger partial charge in [0.1, 0.15) is 0 Å². The molecule has 0 amide bonds. The summed E-state index contributed by atoms with van der Waals surface area (Å²) in [6.07, 6.45) is 5.62. The van der Waals surface area contributed by atoms with Gasteiger partial charge in [0.25, 0.3) is 0 Å². The van der Waals surface area contributed by atoms with Gasteiger partial charge in [-0.05, 0) is 31.0 Å². The van der Waals surface area contributed by atoms with Gasteiger partial charge in [0.15, 0.2) is 8.32 Å². The van der Waals surface area contributed by atoms with E-state index in [9.17, 15) is 5.11 Å². The Labute approximate surface area is 94.5 Å². The summed E-state index contributed by atoms with van der Waals surface area (Å²) in [5.74, 6) is 0. The Bertz CT molecular complexity index is 240. The molecule has 1 N–H and O–H groups in total. The van der Waals surface area contributed by atoms with E-state index in [4.69, 9.17) is 4.43 Å². The van der Waals surface area contributed by atoms with Crippen molar-refractivity contribution < 1.29 is 9.53 Å². The summed E-state index contributed by atoms with van der Waals surface area (Å²) in [6, 6.07) is 0. The smallest absolute Gasteiger partial charge is 0.192 e. The molecule has 0 bridgehead atoms. The van der Waals surface area contributed by atoms with Gasteiger partial charge in [-0.25, -0.2) is 0 Å². The molecule has 0 aliphatic heterocycles. The third-order valence-electron chi connectivity index (χ3n) is 3.55. The summed E-state index contributed by atoms with van der Waals surface area (Å²) in [5, 5.41) is 9.61. The van der Waals surface area contributed by atoms with Crippen molar-refractivity contribution in [3.05, 3.63) is 12.2 Å². The second kappa shape index (κ2) is 4.40. The first-order valence-electron chi connectivity index (χ1n) is 5.76. The zero-order chi connectivity index (χ0) is 11.7. The Morgan fingerprint density at radius 1 is 1.20 bits per heavy atom. The second-order valence-corrected chi connectivity index (χ2v) is 10.7. The lowest BCUT2D eigenvalue weighted by atomic mass is 10.0. The number of rotatable bonds is 2. The summed E-state index contributed by atoms with van der Waals surface area (Å²) < 4.78 is 6.23. The van der Waals surface area contributed by atoms with Crippen LogP contribution in [0.25, 0.3) is 0 Å². The SMILES string of the molecule is CC(C)(C)[Si](C)(C)O[C@@H]1C=C[C@@H](O)CC1. The largest absolute Gasteiger partial charge is 0.411 e. The zero-order valence-electron chi connectivity index (χ0n) is 10.6. The lowest BCUT2D eigenvalue weighted by Gasteiger charge is -2.39. The van der Waals surface area contributed by atoms with Crippen LogP contribution >= 0.6 is 0 Å². The molecule has 0 saturated heterocycles. The highest BCUT2D eigenvalue weighted by Crippen LogP contribution is 2.38. The van der Waals surface area contributed by atoms with E-state index in [1.807, 2.05) is 12.2 Å². The van der Waals surface area contributed by atoms with Gasteiger partial charge in [-0.2, -0.15) is 0 Å². The topological polar surface area (TPSA) is 29.5 Å². The maximum absolute atomic E-state index is 9.35. The average Bonchev–Trinajstić information content (AvgIpc) is 2.06. The number of aliphatic hydroxyl groups is 1. The Balaban J connectivity index is 2.59. The van der Waals surface area contributed by atoms with E-state index in [2.05, 4.69) is 33.9 Å². The maximum Gasteiger partial charge on any atom is 0.192 e. The van der Waals surface area contributed by atoms with Crippen LogP contribution in [0.15, 0.2) is 12.2 Å². The molecule has 1 aliphatic rings. The Hall–Kier alpha value is -0.123. The third kappa shape index (κ3) is 3.43. The molecule has 0 spiro atoms. The van der Waals surface area contributed by atoms with Crippen molar-refractivity contribution in [2.75, 3.05) is 0 Å². The van der Waals surface area contributed by atoms with Crippen LogP contribution in [-0.4, -0.2) is 25.6 Å². The summed E-state index contributed by atoms with van der Waals surface area (Å²) in [4.78, 5) is 0. The summed E-state index contributed by atoms with van der Waals surface area (Å²) >= 11 is 0. The molecule has 3 heteroatoms. The minimum atomic E-state index is -1.65. The first-order valence-corrected chi connectivity index (χ1v) is 8.67. The van der Waals surface area contributed by atoms with E-state index >= 15 is 0 Å². The van der Waals surface area contributed by atoms with Crippen molar-refractivity contribution >= 4 is 8.32 Å². The standard InChI is InChI=1S/C12H24O2Si/c1-12(2,3)15(4,5)14-11-8-6-10(13)7-9-11/h6,8,10-11,13H,7,9H2,1-5H3/t10-,11-/m1/s1. The van der Waals surface area contributed by atoms with Gasteiger partial charge in [0.05, 0.1) is 12.2 Å². The fourth-order valence-electron chi connectivity index (χ4n) is 1.43. The summed E-state index contributed by atoms with van der Waals surface area (Å²) in [5.41, 5.74) is 0. The lowest BCUT2D eigenvalue weighted by Crippen LogP contribution is -2.44. The van der Waals surface area contributed by atoms with Gasteiger partial charge in [0.2, 0.25) is 0 Å². The number of aliphatic hydroxyl groups excluding tert-OH is 1. The van der Waals surface area contributed by atoms with Crippen LogP contribution in [0.1, 0.15) is 33.6 Å². The molecule has 88 valence electrons. The Kier molecular flexibility index (Phi) is 3.79. The molecule has 2 nitrogen and oxygen atoms in total. The van der Waals surface area contributed by atoms with E-state index < -0.39 is 8.32 Å². The first-order chi connectivity index (χ1) is 6.72. The molecule has 2 atom stereocenters. The highest BCUT2D eigenvalue weighted by molar-refractivity contribution is 6.74. The van der Waals surface area contributed by atoms with Crippen molar-refractivity contribution in [2.45, 2.75) is 64.0 Å². The fraction of sp³-hybridized carbons (Fsp3) is 0.833. The van der Waals surface area contributed by atoms with Crippen molar-refractivity contribution in [3.8, 4) is 0 Å². The highest BCUT2D eigenvalue weighted by Gasteiger charge is 2.38. The van der Waals surface area contributed by atoms with Crippen LogP contribution in [0.4, 0.5) is 0 Å². The molecule has 0 heterocycles. The van der Waals surface area contributed by atoms with Gasteiger partial charge in [0, 0.05) is 0 Å². The molecule has 0 aromatic rings. The predicted molar refractivity (Wildman–Crippen MR) is 66.5 cm³/mol. The quantitative estimate of drug-likeness (QED) is 0.581. The van der Waals surface area contributed by atoms with Crippen LogP contribution in [0, 0.1) is 0 Å². The molecular weight excluding hydrogens is 204 g/mol. The molecule has 0 fully saturated rings. The van der Waals surface area contributed by atoms with E-state index in [1.165, 1.54) is 0 Å². The van der Waals surface area contributed by atoms with Crippen LogP contribution in [0.3, 0.4) is 0 Å². The Morgan fingerprint density at radius 2 is 1.80 bits per heavy atom. The van der Waals surface area contributed by atoms with Crippen molar-refractivity contribution in [1.29, 1.82) is 0 Å². The van der Waals surface area contributed by atoms with Crippen LogP contribution in [0.5, 0.6) is 0 Å². The maximum atomic E-state index is 9.35. The van der Waals surface area contributed by atoms with E-state index in [-0.39, 0.29) is 17.2 Å². The minimum absolute atomic E-state index is 0.217. The zero-order valence-corrected chi connectivity index (χ0v) is 11.6. The van der Waals surface area contributed by atoms with Crippen molar-refractivity contribution in [1.82, 2.24) is 0 Å². The normalized spacial score (nSPS) is 28.1. The van der Waals surface area contributed by atoms with Crippen LogP contribution < -0.4 is 0 Å². The predicted octanol–water partition coefficient (Wildman–Crippen LogP) is 3.09. The van der Waals surface area contributed by atoms with E-state index in [0.717, 1.165) is 12.8 Å². The van der Waals surface area contributed by atoms with Crippen LogP contribution in [-0.2, 0) is 4.43 Å². The highest BCUT2D eigenvalue weighted by atomic mass is 28.4. The minimum Gasteiger partial charge on any atom is -0.411 e. The van der Waals surface area contributed by atoms with E-state index in [0.29, 0.717) is 0 Å².